The molecular weight excluding hydrogens is 280 g/mol. The van der Waals surface area contributed by atoms with Gasteiger partial charge in [-0.05, 0) is 19.8 Å². The third kappa shape index (κ3) is 5.30. The summed E-state index contributed by atoms with van der Waals surface area (Å²) in [5.74, 6) is -1.59. The van der Waals surface area contributed by atoms with E-state index >= 15 is 0 Å². The monoisotopic (exact) mass is 299 g/mol. The van der Waals surface area contributed by atoms with E-state index in [1.807, 2.05) is 0 Å². The molecule has 1 aromatic rings. The first kappa shape index (κ1) is 15.7. The van der Waals surface area contributed by atoms with Gasteiger partial charge in [-0.3, -0.25) is 4.79 Å². The highest BCUT2D eigenvalue weighted by Gasteiger charge is 2.29. The summed E-state index contributed by atoms with van der Waals surface area (Å²) in [6, 6.07) is 2.90. The molecular formula is C15H19F2NO3. The van der Waals surface area contributed by atoms with E-state index in [0.717, 1.165) is 31.0 Å². The third-order valence-electron chi connectivity index (χ3n) is 3.10. The molecule has 0 radical (unpaired) electrons. The van der Waals surface area contributed by atoms with Crippen LogP contribution in [0, 0.1) is 11.6 Å². The zero-order chi connectivity index (χ0) is 15.2. The Labute approximate surface area is 122 Å². The number of hydrogen-bond donors (Lipinski definition) is 1. The molecule has 0 saturated heterocycles. The minimum Gasteiger partial charge on any atom is -0.493 e. The van der Waals surface area contributed by atoms with Crippen molar-refractivity contribution in [3.05, 3.63) is 29.8 Å². The second kappa shape index (κ2) is 7.36. The summed E-state index contributed by atoms with van der Waals surface area (Å²) in [7, 11) is 0. The molecule has 1 saturated carbocycles. The van der Waals surface area contributed by atoms with Gasteiger partial charge in [-0.15, -0.1) is 0 Å². The lowest BCUT2D eigenvalue weighted by atomic mass is 10.2. The van der Waals surface area contributed by atoms with Crippen LogP contribution in [0.3, 0.4) is 0 Å². The van der Waals surface area contributed by atoms with Crippen LogP contribution >= 0.6 is 0 Å². The molecule has 4 nitrogen and oxygen atoms in total. The van der Waals surface area contributed by atoms with Crippen LogP contribution in [0.4, 0.5) is 8.78 Å². The van der Waals surface area contributed by atoms with Crippen molar-refractivity contribution < 1.29 is 23.0 Å². The van der Waals surface area contributed by atoms with E-state index in [-0.39, 0.29) is 18.3 Å². The van der Waals surface area contributed by atoms with Gasteiger partial charge in [-0.1, -0.05) is 0 Å². The normalized spacial score (nSPS) is 15.6. The molecule has 1 fully saturated rings. The van der Waals surface area contributed by atoms with Gasteiger partial charge in [0.1, 0.15) is 23.4 Å². The first-order valence-electron chi connectivity index (χ1n) is 7.10. The van der Waals surface area contributed by atoms with E-state index in [1.54, 1.807) is 6.92 Å². The quantitative estimate of drug-likeness (QED) is 0.749. The van der Waals surface area contributed by atoms with Gasteiger partial charge in [-0.2, -0.15) is 0 Å². The summed E-state index contributed by atoms with van der Waals surface area (Å²) in [6.45, 7) is 2.24. The predicted octanol–water partition coefficient (Wildman–Crippen LogP) is 2.42. The zero-order valence-corrected chi connectivity index (χ0v) is 11.9. The van der Waals surface area contributed by atoms with Gasteiger partial charge in [0.25, 0.3) is 0 Å². The maximum atomic E-state index is 13.0. The first-order valence-corrected chi connectivity index (χ1v) is 7.10. The fourth-order valence-corrected chi connectivity index (χ4v) is 1.95. The van der Waals surface area contributed by atoms with Crippen LogP contribution in [0.1, 0.15) is 26.2 Å². The Morgan fingerprint density at radius 1 is 1.33 bits per heavy atom. The molecule has 1 aliphatic rings. The molecule has 21 heavy (non-hydrogen) atoms. The predicted molar refractivity (Wildman–Crippen MR) is 73.0 cm³/mol. The van der Waals surface area contributed by atoms with Crippen molar-refractivity contribution in [2.24, 2.45) is 0 Å². The molecule has 6 heteroatoms. The minimum absolute atomic E-state index is 0.113. The van der Waals surface area contributed by atoms with Gasteiger partial charge in [0.2, 0.25) is 0 Å². The lowest BCUT2D eigenvalue weighted by molar-refractivity contribution is -0.146. The number of carbonyl (C=O) groups excluding carboxylic acids is 1. The molecule has 0 aliphatic heterocycles. The van der Waals surface area contributed by atoms with Crippen LogP contribution in [0.5, 0.6) is 5.75 Å². The van der Waals surface area contributed by atoms with Crippen LogP contribution in [0.2, 0.25) is 0 Å². The van der Waals surface area contributed by atoms with Gasteiger partial charge >= 0.3 is 5.97 Å². The topological polar surface area (TPSA) is 47.6 Å². The molecule has 0 aromatic heterocycles. The van der Waals surface area contributed by atoms with Crippen molar-refractivity contribution in [3.63, 3.8) is 0 Å². The fraction of sp³-hybridized carbons (Fsp3) is 0.533. The van der Waals surface area contributed by atoms with Crippen molar-refractivity contribution in [1.82, 2.24) is 5.32 Å². The standard InChI is InChI=1S/C15H19F2NO3/c1-2-20-15(19)14(18-12-3-4-12)5-6-21-13-8-10(16)7-11(17)9-13/h7-9,12,14,18H,2-6H2,1H3. The van der Waals surface area contributed by atoms with E-state index in [1.165, 1.54) is 0 Å². The van der Waals surface area contributed by atoms with E-state index < -0.39 is 17.7 Å². The maximum absolute atomic E-state index is 13.0. The van der Waals surface area contributed by atoms with Crippen LogP contribution in [0.15, 0.2) is 18.2 Å². The summed E-state index contributed by atoms with van der Waals surface area (Å²) in [5.41, 5.74) is 0. The number of nitrogens with one attached hydrogen (secondary N) is 1. The van der Waals surface area contributed by atoms with E-state index in [0.29, 0.717) is 19.1 Å². The van der Waals surface area contributed by atoms with Gasteiger partial charge in [-0.25, -0.2) is 8.78 Å². The SMILES string of the molecule is CCOC(=O)C(CCOc1cc(F)cc(F)c1)NC1CC1. The molecule has 1 atom stereocenters. The number of ether oxygens (including phenoxy) is 2. The van der Waals surface area contributed by atoms with E-state index in [2.05, 4.69) is 5.32 Å². The van der Waals surface area contributed by atoms with Crippen molar-refractivity contribution >= 4 is 5.97 Å². The van der Waals surface area contributed by atoms with Crippen molar-refractivity contribution in [1.29, 1.82) is 0 Å². The first-order chi connectivity index (χ1) is 10.1. The summed E-state index contributed by atoms with van der Waals surface area (Å²) < 4.78 is 36.3. The molecule has 1 unspecified atom stereocenters. The number of hydrogen-bond acceptors (Lipinski definition) is 4. The molecule has 2 rings (SSSR count). The minimum atomic E-state index is -0.692. The third-order valence-corrected chi connectivity index (χ3v) is 3.10. The smallest absolute Gasteiger partial charge is 0.323 e. The van der Waals surface area contributed by atoms with Crippen molar-refractivity contribution in [3.8, 4) is 5.75 Å². The summed E-state index contributed by atoms with van der Waals surface area (Å²) in [4.78, 5) is 11.8. The molecule has 0 bridgehead atoms. The number of esters is 1. The van der Waals surface area contributed by atoms with Gasteiger partial charge < -0.3 is 14.8 Å². The summed E-state index contributed by atoms with van der Waals surface area (Å²) in [5, 5.41) is 3.18. The summed E-state index contributed by atoms with van der Waals surface area (Å²) in [6.07, 6.45) is 2.48. The Hall–Kier alpha value is -1.69. The Balaban J connectivity index is 1.84. The molecule has 116 valence electrons. The number of carbonyl (C=O) groups is 1. The Bertz CT molecular complexity index is 472. The Morgan fingerprint density at radius 3 is 2.57 bits per heavy atom. The molecule has 1 aromatic carbocycles. The second-order valence-electron chi connectivity index (χ2n) is 4.99. The van der Waals surface area contributed by atoms with Gasteiger partial charge in [0, 0.05) is 30.7 Å². The summed E-state index contributed by atoms with van der Waals surface area (Å²) >= 11 is 0. The number of rotatable bonds is 8. The lowest BCUT2D eigenvalue weighted by Crippen LogP contribution is -2.40. The largest absolute Gasteiger partial charge is 0.493 e. The van der Waals surface area contributed by atoms with Crippen molar-refractivity contribution in [2.75, 3.05) is 13.2 Å². The highest BCUT2D eigenvalue weighted by atomic mass is 19.1. The average molecular weight is 299 g/mol. The highest BCUT2D eigenvalue weighted by Crippen LogP contribution is 2.21. The zero-order valence-electron chi connectivity index (χ0n) is 11.9. The maximum Gasteiger partial charge on any atom is 0.323 e. The van der Waals surface area contributed by atoms with Crippen molar-refractivity contribution in [2.45, 2.75) is 38.3 Å². The van der Waals surface area contributed by atoms with Crippen LogP contribution in [-0.4, -0.2) is 31.3 Å². The molecule has 0 spiro atoms. The van der Waals surface area contributed by atoms with E-state index in [4.69, 9.17) is 9.47 Å². The van der Waals surface area contributed by atoms with Gasteiger partial charge in [0.05, 0.1) is 13.2 Å². The second-order valence-corrected chi connectivity index (χ2v) is 4.99. The highest BCUT2D eigenvalue weighted by molar-refractivity contribution is 5.75. The van der Waals surface area contributed by atoms with Gasteiger partial charge in [0.15, 0.2) is 0 Å². The average Bonchev–Trinajstić information content (AvgIpc) is 3.20. The Morgan fingerprint density at radius 2 is 2.00 bits per heavy atom. The van der Waals surface area contributed by atoms with E-state index in [9.17, 15) is 13.6 Å². The van der Waals surface area contributed by atoms with Crippen LogP contribution < -0.4 is 10.1 Å². The fourth-order valence-electron chi connectivity index (χ4n) is 1.95. The lowest BCUT2D eigenvalue weighted by Gasteiger charge is -2.17. The molecule has 0 amide bonds. The number of halogens is 2. The molecule has 0 heterocycles. The van der Waals surface area contributed by atoms with Crippen LogP contribution in [-0.2, 0) is 9.53 Å². The molecule has 1 N–H and O–H groups in total. The molecule has 1 aliphatic carbocycles. The number of benzene rings is 1. The van der Waals surface area contributed by atoms with Crippen LogP contribution in [0.25, 0.3) is 0 Å². The Kier molecular flexibility index (Phi) is 5.50.